The first-order chi connectivity index (χ1) is 6.72. The van der Waals surface area contributed by atoms with Crippen molar-refractivity contribution in [3.63, 3.8) is 0 Å². The number of esters is 1. The van der Waals surface area contributed by atoms with E-state index in [0.29, 0.717) is 13.0 Å². The molecule has 4 heteroatoms. The molecular formula is C10H22O4. The van der Waals surface area contributed by atoms with Gasteiger partial charge >= 0.3 is 5.97 Å². The second-order valence-electron chi connectivity index (χ2n) is 2.73. The van der Waals surface area contributed by atoms with Gasteiger partial charge in [0.2, 0.25) is 0 Å². The normalized spacial score (nSPS) is 8.86. The highest BCUT2D eigenvalue weighted by Gasteiger charge is 1.95. The van der Waals surface area contributed by atoms with Crippen molar-refractivity contribution in [2.75, 3.05) is 19.8 Å². The van der Waals surface area contributed by atoms with Crippen LogP contribution in [-0.4, -0.2) is 36.0 Å². The molecule has 0 heterocycles. The summed E-state index contributed by atoms with van der Waals surface area (Å²) in [5.41, 5.74) is 0. The van der Waals surface area contributed by atoms with E-state index in [-0.39, 0.29) is 19.2 Å². The average Bonchev–Trinajstić information content (AvgIpc) is 2.24. The molecule has 0 atom stereocenters. The maximum atomic E-state index is 10.6. The highest BCUT2D eigenvalue weighted by molar-refractivity contribution is 5.68. The van der Waals surface area contributed by atoms with Gasteiger partial charge in [0.15, 0.2) is 0 Å². The molecular weight excluding hydrogens is 184 g/mol. The maximum absolute atomic E-state index is 10.6. The van der Waals surface area contributed by atoms with Crippen LogP contribution >= 0.6 is 0 Å². The summed E-state index contributed by atoms with van der Waals surface area (Å²) in [7, 11) is 0. The van der Waals surface area contributed by atoms with Gasteiger partial charge in [-0.25, -0.2) is 0 Å². The Morgan fingerprint density at radius 3 is 2.07 bits per heavy atom. The standard InChI is InChI=1S/C8H16O2.C2H6O2/c1-3-5-6-7-10-8(9)4-2;3-1-2-4/h3-7H2,1-2H3;3-4H,1-2H2. The van der Waals surface area contributed by atoms with E-state index < -0.39 is 0 Å². The number of aliphatic hydroxyl groups excluding tert-OH is 2. The Hall–Kier alpha value is -0.610. The molecule has 0 aliphatic carbocycles. The molecule has 0 bridgehead atoms. The van der Waals surface area contributed by atoms with Crippen LogP contribution in [0.3, 0.4) is 0 Å². The molecule has 0 aromatic heterocycles. The molecule has 0 unspecified atom stereocenters. The van der Waals surface area contributed by atoms with Crippen molar-refractivity contribution in [2.45, 2.75) is 39.5 Å². The molecule has 86 valence electrons. The van der Waals surface area contributed by atoms with Gasteiger partial charge in [-0.3, -0.25) is 4.79 Å². The molecule has 0 aromatic rings. The van der Waals surface area contributed by atoms with Crippen molar-refractivity contribution in [1.82, 2.24) is 0 Å². The SMILES string of the molecule is CCCCCOC(=O)CC.OCCO. The monoisotopic (exact) mass is 206 g/mol. The van der Waals surface area contributed by atoms with Gasteiger partial charge < -0.3 is 14.9 Å². The number of hydrogen-bond donors (Lipinski definition) is 2. The van der Waals surface area contributed by atoms with Crippen molar-refractivity contribution in [3.05, 3.63) is 0 Å². The minimum atomic E-state index is -0.125. The first kappa shape index (κ1) is 15.8. The van der Waals surface area contributed by atoms with Gasteiger partial charge in [0, 0.05) is 6.42 Å². The highest BCUT2D eigenvalue weighted by Crippen LogP contribution is 1.95. The molecule has 0 saturated carbocycles. The molecule has 0 rings (SSSR count). The van der Waals surface area contributed by atoms with Gasteiger partial charge in [0.1, 0.15) is 0 Å². The fourth-order valence-electron chi connectivity index (χ4n) is 0.640. The smallest absolute Gasteiger partial charge is 0.305 e. The number of carbonyl (C=O) groups excluding carboxylic acids is 1. The van der Waals surface area contributed by atoms with Gasteiger partial charge in [-0.05, 0) is 6.42 Å². The Kier molecular flexibility index (Phi) is 16.9. The topological polar surface area (TPSA) is 66.8 Å². The van der Waals surface area contributed by atoms with E-state index in [1.807, 2.05) is 6.92 Å². The summed E-state index contributed by atoms with van der Waals surface area (Å²) >= 11 is 0. The largest absolute Gasteiger partial charge is 0.466 e. The number of carbonyl (C=O) groups is 1. The first-order valence-corrected chi connectivity index (χ1v) is 5.10. The van der Waals surface area contributed by atoms with Crippen LogP contribution in [0.1, 0.15) is 39.5 Å². The predicted octanol–water partition coefficient (Wildman–Crippen LogP) is 1.10. The Balaban J connectivity index is 0. The molecule has 0 spiro atoms. The maximum Gasteiger partial charge on any atom is 0.305 e. The molecule has 0 saturated heterocycles. The summed E-state index contributed by atoms with van der Waals surface area (Å²) in [5.74, 6) is -0.0869. The predicted molar refractivity (Wildman–Crippen MR) is 54.9 cm³/mol. The average molecular weight is 206 g/mol. The lowest BCUT2D eigenvalue weighted by molar-refractivity contribution is -0.143. The van der Waals surface area contributed by atoms with Gasteiger partial charge in [-0.1, -0.05) is 26.7 Å². The molecule has 0 aliphatic heterocycles. The summed E-state index contributed by atoms with van der Waals surface area (Å²) in [4.78, 5) is 10.6. The van der Waals surface area contributed by atoms with Crippen molar-refractivity contribution in [3.8, 4) is 0 Å². The van der Waals surface area contributed by atoms with Crippen molar-refractivity contribution in [2.24, 2.45) is 0 Å². The minimum absolute atomic E-state index is 0.0869. The lowest BCUT2D eigenvalue weighted by Crippen LogP contribution is -2.03. The van der Waals surface area contributed by atoms with E-state index in [1.54, 1.807) is 0 Å². The lowest BCUT2D eigenvalue weighted by atomic mass is 10.3. The third-order valence-electron chi connectivity index (χ3n) is 1.40. The Labute approximate surface area is 85.9 Å². The highest BCUT2D eigenvalue weighted by atomic mass is 16.5. The first-order valence-electron chi connectivity index (χ1n) is 5.10. The number of aliphatic hydroxyl groups is 2. The van der Waals surface area contributed by atoms with E-state index in [1.165, 1.54) is 6.42 Å². The molecule has 0 fully saturated rings. The van der Waals surface area contributed by atoms with E-state index in [4.69, 9.17) is 14.9 Å². The summed E-state index contributed by atoms with van der Waals surface area (Å²) < 4.78 is 4.85. The number of unbranched alkanes of at least 4 members (excludes halogenated alkanes) is 2. The molecule has 0 radical (unpaired) electrons. The lowest BCUT2D eigenvalue weighted by Gasteiger charge is -2.00. The number of hydrogen-bond acceptors (Lipinski definition) is 4. The molecule has 14 heavy (non-hydrogen) atoms. The summed E-state index contributed by atoms with van der Waals surface area (Å²) in [6.45, 7) is 4.28. The van der Waals surface area contributed by atoms with Crippen LogP contribution in [0.2, 0.25) is 0 Å². The van der Waals surface area contributed by atoms with Crippen molar-refractivity contribution >= 4 is 5.97 Å². The Morgan fingerprint density at radius 1 is 1.14 bits per heavy atom. The zero-order valence-corrected chi connectivity index (χ0v) is 9.16. The van der Waals surface area contributed by atoms with Crippen molar-refractivity contribution in [1.29, 1.82) is 0 Å². The second-order valence-corrected chi connectivity index (χ2v) is 2.73. The molecule has 0 aliphatic rings. The van der Waals surface area contributed by atoms with Crippen LogP contribution in [0, 0.1) is 0 Å². The fraction of sp³-hybridized carbons (Fsp3) is 0.900. The van der Waals surface area contributed by atoms with Crippen LogP contribution in [0.4, 0.5) is 0 Å². The summed E-state index contributed by atoms with van der Waals surface area (Å²) in [5, 5.41) is 15.2. The minimum Gasteiger partial charge on any atom is -0.466 e. The van der Waals surface area contributed by atoms with Gasteiger partial charge in [-0.2, -0.15) is 0 Å². The summed E-state index contributed by atoms with van der Waals surface area (Å²) in [6, 6.07) is 0. The number of rotatable bonds is 6. The van der Waals surface area contributed by atoms with E-state index in [9.17, 15) is 4.79 Å². The van der Waals surface area contributed by atoms with Crippen LogP contribution in [0.15, 0.2) is 0 Å². The molecule has 0 aromatic carbocycles. The third kappa shape index (κ3) is 17.5. The van der Waals surface area contributed by atoms with Crippen LogP contribution in [0.25, 0.3) is 0 Å². The Morgan fingerprint density at radius 2 is 1.71 bits per heavy atom. The van der Waals surface area contributed by atoms with Crippen LogP contribution in [0.5, 0.6) is 0 Å². The van der Waals surface area contributed by atoms with Crippen LogP contribution < -0.4 is 0 Å². The van der Waals surface area contributed by atoms with Gasteiger partial charge in [0.25, 0.3) is 0 Å². The molecule has 2 N–H and O–H groups in total. The van der Waals surface area contributed by atoms with Gasteiger partial charge in [-0.15, -0.1) is 0 Å². The zero-order valence-electron chi connectivity index (χ0n) is 9.16. The van der Waals surface area contributed by atoms with E-state index >= 15 is 0 Å². The van der Waals surface area contributed by atoms with E-state index in [2.05, 4.69) is 6.92 Å². The third-order valence-corrected chi connectivity index (χ3v) is 1.40. The molecule has 4 nitrogen and oxygen atoms in total. The number of ether oxygens (including phenoxy) is 1. The zero-order chi connectivity index (χ0) is 11.2. The summed E-state index contributed by atoms with van der Waals surface area (Å²) in [6.07, 6.45) is 3.81. The van der Waals surface area contributed by atoms with Crippen molar-refractivity contribution < 1.29 is 19.7 Å². The second kappa shape index (κ2) is 14.9. The fourth-order valence-corrected chi connectivity index (χ4v) is 0.640. The Bertz CT molecular complexity index is 113. The van der Waals surface area contributed by atoms with Crippen LogP contribution in [-0.2, 0) is 9.53 Å². The van der Waals surface area contributed by atoms with E-state index in [0.717, 1.165) is 12.8 Å². The quantitative estimate of drug-likeness (QED) is 0.504. The molecule has 0 amide bonds. The van der Waals surface area contributed by atoms with Gasteiger partial charge in [0.05, 0.1) is 19.8 Å².